The van der Waals surface area contributed by atoms with E-state index in [-0.39, 0.29) is 24.0 Å². The van der Waals surface area contributed by atoms with Crippen molar-refractivity contribution in [1.29, 1.82) is 0 Å². The summed E-state index contributed by atoms with van der Waals surface area (Å²) in [6.45, 7) is 8.37. The lowest BCUT2D eigenvalue weighted by molar-refractivity contribution is 0.00534. The van der Waals surface area contributed by atoms with Crippen molar-refractivity contribution in [2.75, 3.05) is 45.6 Å². The van der Waals surface area contributed by atoms with Crippen LogP contribution in [0.25, 0.3) is 0 Å². The maximum Gasteiger partial charge on any atom is 0.191 e. The van der Waals surface area contributed by atoms with Crippen LogP contribution in [-0.4, -0.2) is 67.3 Å². The van der Waals surface area contributed by atoms with Crippen LogP contribution in [0.5, 0.6) is 0 Å². The summed E-state index contributed by atoms with van der Waals surface area (Å²) in [5, 5.41) is 6.91. The molecule has 2 aliphatic heterocycles. The molecule has 0 radical (unpaired) electrons. The van der Waals surface area contributed by atoms with Crippen molar-refractivity contribution in [2.45, 2.75) is 56.4 Å². The lowest BCUT2D eigenvalue weighted by Crippen LogP contribution is -2.44. The Bertz CT molecular complexity index is 617. The van der Waals surface area contributed by atoms with Crippen molar-refractivity contribution in [3.05, 3.63) is 35.9 Å². The fourth-order valence-electron chi connectivity index (χ4n) is 4.07. The number of aliphatic imine (C=N–C) groups is 1. The minimum atomic E-state index is 0. The van der Waals surface area contributed by atoms with Crippen LogP contribution < -0.4 is 10.6 Å². The van der Waals surface area contributed by atoms with Crippen molar-refractivity contribution >= 4 is 41.7 Å². The van der Waals surface area contributed by atoms with Crippen LogP contribution in [0, 0.1) is 0 Å². The molecule has 0 saturated carbocycles. The molecular weight excluding hydrogens is 507 g/mol. The standard InChI is InChI=1S/C23H38N4OS.HI/c1-23(12-6-17-29-23)19-26-22(24-2)25-13-7-16-28-21-10-14-27(15-11-21)18-20-8-4-3-5-9-20;/h3-5,8-9,21H,6-7,10-19H2,1-2H3,(H2,24,25,26);1H. The van der Waals surface area contributed by atoms with Gasteiger partial charge in [0, 0.05) is 51.1 Å². The Hall–Kier alpha value is -0.510. The molecule has 2 fully saturated rings. The second-order valence-electron chi connectivity index (χ2n) is 8.44. The second-order valence-corrected chi connectivity index (χ2v) is 10.1. The number of thioether (sulfide) groups is 1. The molecule has 1 unspecified atom stereocenters. The van der Waals surface area contributed by atoms with Gasteiger partial charge >= 0.3 is 0 Å². The summed E-state index contributed by atoms with van der Waals surface area (Å²) in [6, 6.07) is 10.8. The predicted octanol–water partition coefficient (Wildman–Crippen LogP) is 4.13. The van der Waals surface area contributed by atoms with Crippen LogP contribution in [0.2, 0.25) is 0 Å². The Morgan fingerprint density at radius 1 is 1.23 bits per heavy atom. The number of benzene rings is 1. The molecule has 0 bridgehead atoms. The van der Waals surface area contributed by atoms with E-state index >= 15 is 0 Å². The Morgan fingerprint density at radius 3 is 2.67 bits per heavy atom. The van der Waals surface area contributed by atoms with Gasteiger partial charge in [-0.25, -0.2) is 0 Å². The second kappa shape index (κ2) is 13.8. The average molecular weight is 547 g/mol. The summed E-state index contributed by atoms with van der Waals surface area (Å²) in [5.74, 6) is 2.19. The molecule has 2 heterocycles. The molecule has 170 valence electrons. The molecule has 2 saturated heterocycles. The normalized spacial score (nSPS) is 23.2. The highest BCUT2D eigenvalue weighted by Gasteiger charge is 2.29. The lowest BCUT2D eigenvalue weighted by atomic mass is 10.1. The number of hydrogen-bond acceptors (Lipinski definition) is 4. The molecule has 2 aliphatic rings. The van der Waals surface area contributed by atoms with Crippen molar-refractivity contribution in [1.82, 2.24) is 15.5 Å². The highest BCUT2D eigenvalue weighted by molar-refractivity contribution is 14.0. The third-order valence-corrected chi connectivity index (χ3v) is 7.44. The van der Waals surface area contributed by atoms with Crippen molar-refractivity contribution in [2.24, 2.45) is 4.99 Å². The van der Waals surface area contributed by atoms with Crippen LogP contribution in [-0.2, 0) is 11.3 Å². The Balaban J connectivity index is 0.00000320. The predicted molar refractivity (Wildman–Crippen MR) is 140 cm³/mol. The molecule has 3 rings (SSSR count). The summed E-state index contributed by atoms with van der Waals surface area (Å²) >= 11 is 2.08. The number of piperidine rings is 1. The van der Waals surface area contributed by atoms with Gasteiger partial charge in [0.05, 0.1) is 6.10 Å². The van der Waals surface area contributed by atoms with Gasteiger partial charge in [-0.2, -0.15) is 11.8 Å². The summed E-state index contributed by atoms with van der Waals surface area (Å²) in [6.07, 6.45) is 6.33. The minimum absolute atomic E-state index is 0. The van der Waals surface area contributed by atoms with E-state index < -0.39 is 0 Å². The van der Waals surface area contributed by atoms with Gasteiger partial charge < -0.3 is 15.4 Å². The zero-order valence-electron chi connectivity index (χ0n) is 18.6. The molecule has 0 amide bonds. The zero-order valence-corrected chi connectivity index (χ0v) is 21.7. The highest BCUT2D eigenvalue weighted by atomic mass is 127. The number of guanidine groups is 1. The van der Waals surface area contributed by atoms with Gasteiger partial charge in [-0.05, 0) is 50.3 Å². The molecule has 1 aromatic carbocycles. The Labute approximate surface area is 204 Å². The van der Waals surface area contributed by atoms with Gasteiger partial charge in [0.2, 0.25) is 0 Å². The maximum atomic E-state index is 6.12. The number of likely N-dealkylation sites (tertiary alicyclic amines) is 1. The molecule has 30 heavy (non-hydrogen) atoms. The third-order valence-electron chi connectivity index (χ3n) is 5.90. The number of ether oxygens (including phenoxy) is 1. The fourth-order valence-corrected chi connectivity index (χ4v) is 5.32. The smallest absolute Gasteiger partial charge is 0.191 e. The quantitative estimate of drug-likeness (QED) is 0.211. The average Bonchev–Trinajstić information content (AvgIpc) is 3.19. The minimum Gasteiger partial charge on any atom is -0.378 e. The number of rotatable bonds is 9. The Kier molecular flexibility index (Phi) is 11.8. The van der Waals surface area contributed by atoms with Crippen LogP contribution >= 0.6 is 35.7 Å². The van der Waals surface area contributed by atoms with Gasteiger partial charge in [0.25, 0.3) is 0 Å². The van der Waals surface area contributed by atoms with Crippen molar-refractivity contribution in [3.63, 3.8) is 0 Å². The number of nitrogens with zero attached hydrogens (tertiary/aromatic N) is 2. The summed E-state index contributed by atoms with van der Waals surface area (Å²) in [5.41, 5.74) is 1.40. The molecule has 1 atom stereocenters. The summed E-state index contributed by atoms with van der Waals surface area (Å²) < 4.78 is 6.48. The van der Waals surface area contributed by atoms with Gasteiger partial charge in [-0.1, -0.05) is 30.3 Å². The first-order chi connectivity index (χ1) is 14.2. The first kappa shape index (κ1) is 25.7. The fraction of sp³-hybridized carbons (Fsp3) is 0.696. The number of halogens is 1. The van der Waals surface area contributed by atoms with Crippen molar-refractivity contribution in [3.8, 4) is 0 Å². The van der Waals surface area contributed by atoms with Gasteiger partial charge in [-0.15, -0.1) is 24.0 Å². The Morgan fingerprint density at radius 2 is 2.00 bits per heavy atom. The number of nitrogens with one attached hydrogen (secondary N) is 2. The van der Waals surface area contributed by atoms with E-state index in [1.807, 2.05) is 7.05 Å². The highest BCUT2D eigenvalue weighted by Crippen LogP contribution is 2.36. The third kappa shape index (κ3) is 8.93. The van der Waals surface area contributed by atoms with Crippen molar-refractivity contribution < 1.29 is 4.74 Å². The topological polar surface area (TPSA) is 48.9 Å². The molecule has 0 aliphatic carbocycles. The monoisotopic (exact) mass is 546 g/mol. The van der Waals surface area contributed by atoms with E-state index in [0.29, 0.717) is 10.9 Å². The summed E-state index contributed by atoms with van der Waals surface area (Å²) in [4.78, 5) is 6.89. The van der Waals surface area contributed by atoms with E-state index in [2.05, 4.69) is 69.5 Å². The molecular formula is C23H39IN4OS. The largest absolute Gasteiger partial charge is 0.378 e. The van der Waals surface area contributed by atoms with E-state index in [1.54, 1.807) is 0 Å². The molecule has 0 aromatic heterocycles. The van der Waals surface area contributed by atoms with Crippen LogP contribution in [0.1, 0.15) is 44.6 Å². The van der Waals surface area contributed by atoms with E-state index in [4.69, 9.17) is 4.74 Å². The van der Waals surface area contributed by atoms with Crippen LogP contribution in [0.4, 0.5) is 0 Å². The van der Waals surface area contributed by atoms with Crippen LogP contribution in [0.15, 0.2) is 35.3 Å². The van der Waals surface area contributed by atoms with Gasteiger partial charge in [0.15, 0.2) is 5.96 Å². The molecule has 1 aromatic rings. The lowest BCUT2D eigenvalue weighted by Gasteiger charge is -2.32. The maximum absolute atomic E-state index is 6.12. The number of hydrogen-bond donors (Lipinski definition) is 2. The van der Waals surface area contributed by atoms with E-state index in [0.717, 1.165) is 64.6 Å². The molecule has 5 nitrogen and oxygen atoms in total. The molecule has 2 N–H and O–H groups in total. The first-order valence-corrected chi connectivity index (χ1v) is 12.1. The first-order valence-electron chi connectivity index (χ1n) is 11.1. The van der Waals surface area contributed by atoms with E-state index in [1.165, 1.54) is 24.2 Å². The van der Waals surface area contributed by atoms with Gasteiger partial charge in [-0.3, -0.25) is 9.89 Å². The molecule has 0 spiro atoms. The SMILES string of the molecule is CN=C(NCCCOC1CCN(Cc2ccccc2)CC1)NCC1(C)CCCS1.I. The zero-order chi connectivity index (χ0) is 20.4. The summed E-state index contributed by atoms with van der Waals surface area (Å²) in [7, 11) is 1.85. The molecule has 7 heteroatoms. The van der Waals surface area contributed by atoms with Gasteiger partial charge in [0.1, 0.15) is 0 Å². The van der Waals surface area contributed by atoms with E-state index in [9.17, 15) is 0 Å². The van der Waals surface area contributed by atoms with Crippen LogP contribution in [0.3, 0.4) is 0 Å².